The van der Waals surface area contributed by atoms with Crippen molar-refractivity contribution in [3.63, 3.8) is 0 Å². The van der Waals surface area contributed by atoms with Gasteiger partial charge in [-0.2, -0.15) is 4.39 Å². The number of ether oxygens (including phenoxy) is 2. The Balaban J connectivity index is 1.76. The first kappa shape index (κ1) is 21.0. The molecule has 1 N–H and O–H groups in total. The van der Waals surface area contributed by atoms with Crippen LogP contribution in [0.5, 0.6) is 5.75 Å². The van der Waals surface area contributed by atoms with E-state index in [1.807, 2.05) is 0 Å². The molecular weight excluding hydrogens is 370 g/mol. The van der Waals surface area contributed by atoms with Crippen molar-refractivity contribution in [2.75, 3.05) is 46.5 Å². The zero-order valence-electron chi connectivity index (χ0n) is 16.2. The zero-order chi connectivity index (χ0) is 20.1. The lowest BCUT2D eigenvalue weighted by Gasteiger charge is -2.35. The van der Waals surface area contributed by atoms with Gasteiger partial charge in [-0.3, -0.25) is 9.69 Å². The summed E-state index contributed by atoms with van der Waals surface area (Å²) in [6.07, 6.45) is 4.41. The van der Waals surface area contributed by atoms with Crippen molar-refractivity contribution in [3.8, 4) is 5.75 Å². The highest BCUT2D eigenvalue weighted by atomic mass is 19.2. The number of carbonyl (C=O) groups excluding carboxylic acids is 1. The Bertz CT molecular complexity index is 684. The molecule has 1 aromatic rings. The summed E-state index contributed by atoms with van der Waals surface area (Å²) in [4.78, 5) is 16.1. The van der Waals surface area contributed by atoms with Gasteiger partial charge in [-0.25, -0.2) is 4.39 Å². The van der Waals surface area contributed by atoms with Crippen molar-refractivity contribution in [3.05, 3.63) is 29.8 Å². The molecule has 156 valence electrons. The van der Waals surface area contributed by atoms with Crippen molar-refractivity contribution in [1.82, 2.24) is 9.80 Å². The second kappa shape index (κ2) is 9.15. The highest BCUT2D eigenvalue weighted by Gasteiger charge is 2.40. The van der Waals surface area contributed by atoms with Crippen LogP contribution in [0.4, 0.5) is 8.78 Å². The molecule has 2 aliphatic rings. The van der Waals surface area contributed by atoms with Crippen LogP contribution in [-0.2, 0) is 9.53 Å². The average molecular weight is 398 g/mol. The minimum absolute atomic E-state index is 0.0509. The van der Waals surface area contributed by atoms with E-state index in [1.54, 1.807) is 4.90 Å². The smallest absolute Gasteiger partial charge is 0.248 e. The second-order valence-corrected chi connectivity index (χ2v) is 7.72. The predicted molar refractivity (Wildman–Crippen MR) is 99.1 cm³/mol. The molecular formula is C20H28F2N2O4. The monoisotopic (exact) mass is 398 g/mol. The van der Waals surface area contributed by atoms with Gasteiger partial charge < -0.3 is 19.5 Å². The first-order valence-electron chi connectivity index (χ1n) is 9.72. The molecule has 0 bridgehead atoms. The van der Waals surface area contributed by atoms with Gasteiger partial charge in [0.1, 0.15) is 18.8 Å². The Morgan fingerprint density at radius 1 is 1.25 bits per heavy atom. The number of benzene rings is 1. The van der Waals surface area contributed by atoms with Gasteiger partial charge in [0.15, 0.2) is 11.6 Å². The third-order valence-corrected chi connectivity index (χ3v) is 5.51. The summed E-state index contributed by atoms with van der Waals surface area (Å²) in [6, 6.07) is 4.04. The maximum Gasteiger partial charge on any atom is 0.248 e. The molecule has 1 aliphatic carbocycles. The number of amides is 1. The topological polar surface area (TPSA) is 62.2 Å². The fourth-order valence-corrected chi connectivity index (χ4v) is 4.10. The van der Waals surface area contributed by atoms with Gasteiger partial charge in [0, 0.05) is 32.8 Å². The number of hydrogen-bond donors (Lipinski definition) is 1. The molecule has 0 aromatic heterocycles. The van der Waals surface area contributed by atoms with E-state index in [0.717, 1.165) is 31.7 Å². The standard InChI is InChI=1S/C20H28F2N2O4/c1-27-11-18(25)24-10-9-23(15-5-2-3-6-15)12-20(26,13-24)14-28-17-8-4-7-16(21)19(17)22/h4,7-8,15,26H,2-3,5-6,9-14H2,1H3/t20-/m1/s1. The SMILES string of the molecule is COCC(=O)N1CCN(C2CCCC2)C[C@](O)(COc2cccc(F)c2F)C1. The van der Waals surface area contributed by atoms with Gasteiger partial charge in [0.2, 0.25) is 11.7 Å². The predicted octanol–water partition coefficient (Wildman–Crippen LogP) is 1.81. The van der Waals surface area contributed by atoms with E-state index in [4.69, 9.17) is 9.47 Å². The van der Waals surface area contributed by atoms with Crippen LogP contribution in [0.3, 0.4) is 0 Å². The lowest BCUT2D eigenvalue weighted by atomic mass is 10.0. The van der Waals surface area contributed by atoms with Gasteiger partial charge in [0.25, 0.3) is 0 Å². The highest BCUT2D eigenvalue weighted by Crippen LogP contribution is 2.28. The summed E-state index contributed by atoms with van der Waals surface area (Å²) >= 11 is 0. The normalized spacial score (nSPS) is 24.4. The molecule has 1 heterocycles. The Morgan fingerprint density at radius 2 is 2.00 bits per heavy atom. The third kappa shape index (κ3) is 4.98. The lowest BCUT2D eigenvalue weighted by Crippen LogP contribution is -2.53. The molecule has 1 aromatic carbocycles. The van der Waals surface area contributed by atoms with Crippen LogP contribution in [0.25, 0.3) is 0 Å². The first-order chi connectivity index (χ1) is 13.4. The molecule has 3 rings (SSSR count). The van der Waals surface area contributed by atoms with Crippen LogP contribution < -0.4 is 4.74 Å². The molecule has 1 atom stereocenters. The van der Waals surface area contributed by atoms with Crippen LogP contribution in [0, 0.1) is 11.6 Å². The lowest BCUT2D eigenvalue weighted by molar-refractivity contribution is -0.138. The molecule has 1 aliphatic heterocycles. The maximum atomic E-state index is 13.9. The van der Waals surface area contributed by atoms with Crippen molar-refractivity contribution in [2.24, 2.45) is 0 Å². The summed E-state index contributed by atoms with van der Waals surface area (Å²) in [7, 11) is 1.45. The van der Waals surface area contributed by atoms with Crippen LogP contribution in [0.1, 0.15) is 25.7 Å². The van der Waals surface area contributed by atoms with Crippen LogP contribution in [-0.4, -0.2) is 79.0 Å². The average Bonchev–Trinajstić information content (AvgIpc) is 3.14. The number of hydrogen-bond acceptors (Lipinski definition) is 5. The second-order valence-electron chi connectivity index (χ2n) is 7.72. The van der Waals surface area contributed by atoms with Crippen molar-refractivity contribution < 1.29 is 28.2 Å². The molecule has 0 radical (unpaired) electrons. The molecule has 0 unspecified atom stereocenters. The van der Waals surface area contributed by atoms with Crippen molar-refractivity contribution in [1.29, 1.82) is 0 Å². The van der Waals surface area contributed by atoms with E-state index in [0.29, 0.717) is 25.7 Å². The fraction of sp³-hybridized carbons (Fsp3) is 0.650. The Labute approximate surface area is 164 Å². The van der Waals surface area contributed by atoms with Crippen molar-refractivity contribution >= 4 is 5.91 Å². The minimum Gasteiger partial charge on any atom is -0.487 e. The fourth-order valence-electron chi connectivity index (χ4n) is 4.10. The number of nitrogens with zero attached hydrogens (tertiary/aromatic N) is 2. The molecule has 6 nitrogen and oxygen atoms in total. The number of methoxy groups -OCH3 is 1. The first-order valence-corrected chi connectivity index (χ1v) is 9.72. The quantitative estimate of drug-likeness (QED) is 0.792. The van der Waals surface area contributed by atoms with E-state index < -0.39 is 17.2 Å². The number of carbonyl (C=O) groups is 1. The molecule has 8 heteroatoms. The summed E-state index contributed by atoms with van der Waals surface area (Å²) in [5.74, 6) is -2.56. The van der Waals surface area contributed by atoms with Gasteiger partial charge in [-0.05, 0) is 25.0 Å². The zero-order valence-corrected chi connectivity index (χ0v) is 16.2. The minimum atomic E-state index is -1.40. The Hall–Kier alpha value is -1.77. The van der Waals surface area contributed by atoms with Crippen LogP contribution in [0.15, 0.2) is 18.2 Å². The number of β-amino-alcohol motifs (C(OH)–C–C–N with tert-alkyl or cyclic N) is 1. The van der Waals surface area contributed by atoms with E-state index >= 15 is 0 Å². The van der Waals surface area contributed by atoms with E-state index in [9.17, 15) is 18.7 Å². The number of halogens is 2. The third-order valence-electron chi connectivity index (χ3n) is 5.51. The molecule has 0 spiro atoms. The summed E-state index contributed by atoms with van der Waals surface area (Å²) in [5, 5.41) is 11.3. The van der Waals surface area contributed by atoms with Gasteiger partial charge in [0.05, 0.1) is 6.54 Å². The van der Waals surface area contributed by atoms with Gasteiger partial charge >= 0.3 is 0 Å². The molecule has 1 amide bonds. The summed E-state index contributed by atoms with van der Waals surface area (Å²) < 4.78 is 37.7. The van der Waals surface area contributed by atoms with E-state index in [-0.39, 0.29) is 31.4 Å². The van der Waals surface area contributed by atoms with Crippen molar-refractivity contribution in [2.45, 2.75) is 37.3 Å². The van der Waals surface area contributed by atoms with Crippen LogP contribution >= 0.6 is 0 Å². The molecule has 28 heavy (non-hydrogen) atoms. The largest absolute Gasteiger partial charge is 0.487 e. The number of aliphatic hydroxyl groups is 1. The van der Waals surface area contributed by atoms with Gasteiger partial charge in [-0.1, -0.05) is 18.9 Å². The molecule has 2 fully saturated rings. The molecule has 1 saturated heterocycles. The summed E-state index contributed by atoms with van der Waals surface area (Å²) in [5.41, 5.74) is -1.40. The highest BCUT2D eigenvalue weighted by molar-refractivity contribution is 5.77. The molecule has 1 saturated carbocycles. The van der Waals surface area contributed by atoms with Crippen LogP contribution in [0.2, 0.25) is 0 Å². The number of rotatable bonds is 6. The maximum absolute atomic E-state index is 13.9. The summed E-state index contributed by atoms with van der Waals surface area (Å²) in [6.45, 7) is 1.18. The van der Waals surface area contributed by atoms with E-state index in [1.165, 1.54) is 19.2 Å². The van der Waals surface area contributed by atoms with Gasteiger partial charge in [-0.15, -0.1) is 0 Å². The Kier molecular flexibility index (Phi) is 6.85. The van der Waals surface area contributed by atoms with E-state index in [2.05, 4.69) is 4.90 Å². The Morgan fingerprint density at radius 3 is 2.71 bits per heavy atom.